The maximum Gasteiger partial charge on any atom is 0.256 e. The van der Waals surface area contributed by atoms with Gasteiger partial charge in [-0.1, -0.05) is 15.9 Å². The Kier molecular flexibility index (Phi) is 6.58. The molecule has 162 valence electrons. The van der Waals surface area contributed by atoms with Gasteiger partial charge in [0, 0.05) is 41.2 Å². The summed E-state index contributed by atoms with van der Waals surface area (Å²) < 4.78 is 23.2. The van der Waals surface area contributed by atoms with E-state index in [1.165, 1.54) is 0 Å². The summed E-state index contributed by atoms with van der Waals surface area (Å²) in [5, 5.41) is 3.74. The molecule has 1 fully saturated rings. The van der Waals surface area contributed by atoms with E-state index in [0.717, 1.165) is 29.3 Å². The van der Waals surface area contributed by atoms with Gasteiger partial charge in [-0.15, -0.1) is 0 Å². The third-order valence-electron chi connectivity index (χ3n) is 5.03. The van der Waals surface area contributed by atoms with E-state index in [-0.39, 0.29) is 17.6 Å². The van der Waals surface area contributed by atoms with Crippen molar-refractivity contribution < 1.29 is 23.4 Å². The summed E-state index contributed by atoms with van der Waals surface area (Å²) in [5.41, 5.74) is 1.71. The molecule has 0 unspecified atom stereocenters. The fourth-order valence-corrected chi connectivity index (χ4v) is 3.81. The number of rotatable bonds is 6. The molecule has 0 aliphatic carbocycles. The number of fused-ring (bicyclic) bond motifs is 1. The lowest BCUT2D eigenvalue weighted by atomic mass is 10.1. The van der Waals surface area contributed by atoms with E-state index in [0.29, 0.717) is 34.9 Å². The number of hydrogen-bond acceptors (Lipinski definition) is 6. The smallest absolute Gasteiger partial charge is 0.256 e. The van der Waals surface area contributed by atoms with E-state index in [9.17, 15) is 4.79 Å². The van der Waals surface area contributed by atoms with Crippen molar-refractivity contribution in [3.8, 4) is 11.5 Å². The first-order valence-corrected chi connectivity index (χ1v) is 10.8. The molecule has 1 amide bonds. The van der Waals surface area contributed by atoms with Gasteiger partial charge in [0.15, 0.2) is 0 Å². The molecule has 0 saturated carbocycles. The lowest BCUT2D eigenvalue weighted by Crippen LogP contribution is -2.34. The van der Waals surface area contributed by atoms with Crippen molar-refractivity contribution in [1.82, 2.24) is 5.32 Å². The van der Waals surface area contributed by atoms with Crippen LogP contribution in [0.15, 0.2) is 56.3 Å². The van der Waals surface area contributed by atoms with Crippen LogP contribution in [0.25, 0.3) is 11.0 Å². The van der Waals surface area contributed by atoms with Crippen molar-refractivity contribution in [2.24, 2.45) is 4.99 Å². The fourth-order valence-electron chi connectivity index (χ4n) is 3.43. The highest BCUT2D eigenvalue weighted by atomic mass is 79.9. The summed E-state index contributed by atoms with van der Waals surface area (Å²) in [6.07, 6.45) is 1.99. The molecule has 8 heteroatoms. The van der Waals surface area contributed by atoms with E-state index < -0.39 is 0 Å². The minimum absolute atomic E-state index is 0.0403. The molecule has 2 heterocycles. The zero-order valence-corrected chi connectivity index (χ0v) is 18.9. The second kappa shape index (κ2) is 9.53. The van der Waals surface area contributed by atoms with Crippen LogP contribution >= 0.6 is 15.9 Å². The highest BCUT2D eigenvalue weighted by Gasteiger charge is 2.19. The quantitative estimate of drug-likeness (QED) is 0.559. The first kappa shape index (κ1) is 21.4. The Balaban J connectivity index is 1.78. The maximum absolute atomic E-state index is 13.0. The molecule has 1 atom stereocenters. The van der Waals surface area contributed by atoms with E-state index in [4.69, 9.17) is 18.6 Å². The molecule has 1 aliphatic rings. The molecule has 7 nitrogen and oxygen atoms in total. The van der Waals surface area contributed by atoms with Crippen molar-refractivity contribution in [2.45, 2.75) is 18.9 Å². The molecule has 0 bridgehead atoms. The summed E-state index contributed by atoms with van der Waals surface area (Å²) >= 11 is 3.46. The number of ether oxygens (including phenoxy) is 3. The van der Waals surface area contributed by atoms with Gasteiger partial charge in [-0.2, -0.15) is 0 Å². The summed E-state index contributed by atoms with van der Waals surface area (Å²) in [6, 6.07) is 12.6. The number of hydrogen-bond donors (Lipinski definition) is 1. The summed E-state index contributed by atoms with van der Waals surface area (Å²) in [6.45, 7) is 1.18. The van der Waals surface area contributed by atoms with Crippen LogP contribution in [-0.2, 0) is 4.74 Å². The number of nitrogens with one attached hydrogen (secondary N) is 1. The molecule has 0 spiro atoms. The van der Waals surface area contributed by atoms with Gasteiger partial charge in [-0.25, -0.2) is 4.99 Å². The number of carbonyl (C=O) groups is 1. The number of halogens is 1. The van der Waals surface area contributed by atoms with Crippen molar-refractivity contribution in [3.63, 3.8) is 0 Å². The highest BCUT2D eigenvalue weighted by molar-refractivity contribution is 9.10. The van der Waals surface area contributed by atoms with Crippen LogP contribution in [0, 0.1) is 0 Å². The number of methoxy groups -OCH3 is 2. The first-order chi connectivity index (χ1) is 15.1. The molecular formula is C23H23BrN2O5. The van der Waals surface area contributed by atoms with Crippen molar-refractivity contribution in [2.75, 3.05) is 27.4 Å². The molecule has 4 rings (SSSR count). The third kappa shape index (κ3) is 5.08. The van der Waals surface area contributed by atoms with Gasteiger partial charge >= 0.3 is 0 Å². The van der Waals surface area contributed by atoms with Gasteiger partial charge in [0.25, 0.3) is 5.91 Å². The second-order valence-electron chi connectivity index (χ2n) is 7.18. The molecule has 3 aromatic rings. The van der Waals surface area contributed by atoms with Gasteiger partial charge < -0.3 is 23.9 Å². The van der Waals surface area contributed by atoms with E-state index >= 15 is 0 Å². The molecule has 1 N–H and O–H groups in total. The van der Waals surface area contributed by atoms with E-state index in [2.05, 4.69) is 26.2 Å². The topological polar surface area (TPSA) is 82.3 Å². The largest absolute Gasteiger partial charge is 0.497 e. The third-order valence-corrected chi connectivity index (χ3v) is 5.53. The monoisotopic (exact) mass is 486 g/mol. The summed E-state index contributed by atoms with van der Waals surface area (Å²) in [5.74, 6) is 0.911. The molecule has 2 aromatic carbocycles. The Morgan fingerprint density at radius 1 is 1.16 bits per heavy atom. The molecular weight excluding hydrogens is 464 g/mol. The minimum atomic E-state index is -0.269. The molecule has 0 radical (unpaired) electrons. The van der Waals surface area contributed by atoms with Gasteiger partial charge in [0.1, 0.15) is 22.6 Å². The summed E-state index contributed by atoms with van der Waals surface area (Å²) in [7, 11) is 3.14. The average Bonchev–Trinajstić information content (AvgIpc) is 3.30. The Hall–Kier alpha value is -2.84. The van der Waals surface area contributed by atoms with Crippen LogP contribution in [0.1, 0.15) is 23.2 Å². The van der Waals surface area contributed by atoms with Crippen LogP contribution in [0.3, 0.4) is 0 Å². The molecule has 1 aliphatic heterocycles. The van der Waals surface area contributed by atoms with Crippen LogP contribution in [0.2, 0.25) is 0 Å². The van der Waals surface area contributed by atoms with Gasteiger partial charge in [-0.3, -0.25) is 4.79 Å². The fraction of sp³-hybridized carbons (Fsp3) is 0.304. The predicted molar refractivity (Wildman–Crippen MR) is 120 cm³/mol. The van der Waals surface area contributed by atoms with Crippen molar-refractivity contribution >= 4 is 38.5 Å². The molecule has 1 aromatic heterocycles. The second-order valence-corrected chi connectivity index (χ2v) is 8.09. The highest BCUT2D eigenvalue weighted by Crippen LogP contribution is 2.28. The Bertz CT molecular complexity index is 1150. The van der Waals surface area contributed by atoms with E-state index in [1.54, 1.807) is 38.5 Å². The Morgan fingerprint density at radius 2 is 1.94 bits per heavy atom. The zero-order chi connectivity index (χ0) is 21.8. The number of carbonyl (C=O) groups excluding carboxylic acids is 1. The van der Waals surface area contributed by atoms with E-state index in [1.807, 2.05) is 18.2 Å². The number of benzene rings is 2. The van der Waals surface area contributed by atoms with Gasteiger partial charge in [0.2, 0.25) is 5.55 Å². The Morgan fingerprint density at radius 3 is 2.61 bits per heavy atom. The van der Waals surface area contributed by atoms with Crippen LogP contribution in [-0.4, -0.2) is 39.4 Å². The summed E-state index contributed by atoms with van der Waals surface area (Å²) in [4.78, 5) is 17.6. The Labute approximate surface area is 188 Å². The SMILES string of the molecule is COc1cc(N=c2oc3ccc(Br)cc3cc2C(=O)NC[C@H]2CCCO2)cc(OC)c1. The standard InChI is InChI=1S/C23H23BrN2O5/c1-28-18-10-16(11-19(12-18)29-2)26-23-20(22(27)25-13-17-4-3-7-30-17)9-14-8-15(24)5-6-21(14)31-23/h5-6,8-12,17H,3-4,7,13H2,1-2H3,(H,25,27)/t17-/m1/s1. The lowest BCUT2D eigenvalue weighted by Gasteiger charge is -2.11. The zero-order valence-electron chi connectivity index (χ0n) is 17.3. The van der Waals surface area contributed by atoms with Gasteiger partial charge in [-0.05, 0) is 37.1 Å². The van der Waals surface area contributed by atoms with Crippen LogP contribution in [0.4, 0.5) is 5.69 Å². The minimum Gasteiger partial charge on any atom is -0.497 e. The number of nitrogens with zero attached hydrogens (tertiary/aromatic N) is 1. The predicted octanol–water partition coefficient (Wildman–Crippen LogP) is 4.35. The van der Waals surface area contributed by atoms with Crippen molar-refractivity contribution in [1.29, 1.82) is 0 Å². The normalized spacial score (nSPS) is 16.5. The lowest BCUT2D eigenvalue weighted by molar-refractivity contribution is 0.0854. The van der Waals surface area contributed by atoms with Gasteiger partial charge in [0.05, 0.1) is 26.0 Å². The van der Waals surface area contributed by atoms with Crippen molar-refractivity contribution in [3.05, 3.63) is 58.1 Å². The van der Waals surface area contributed by atoms with Crippen LogP contribution in [0.5, 0.6) is 11.5 Å². The maximum atomic E-state index is 13.0. The molecule has 31 heavy (non-hydrogen) atoms. The molecule has 1 saturated heterocycles. The average molecular weight is 487 g/mol. The van der Waals surface area contributed by atoms with Crippen LogP contribution < -0.4 is 20.3 Å². The first-order valence-electron chi connectivity index (χ1n) is 9.97. The number of amides is 1.